The molecule has 0 saturated carbocycles. The second kappa shape index (κ2) is 6.28. The number of amides is 1. The number of thioether (sulfide) groups is 1. The Morgan fingerprint density at radius 3 is 2.57 bits per heavy atom. The summed E-state index contributed by atoms with van der Waals surface area (Å²) in [6.07, 6.45) is 0. The lowest BCUT2D eigenvalue weighted by Crippen LogP contribution is -2.28. The van der Waals surface area contributed by atoms with Crippen LogP contribution in [0.25, 0.3) is 0 Å². The van der Waals surface area contributed by atoms with Crippen molar-refractivity contribution in [1.82, 2.24) is 0 Å². The lowest BCUT2D eigenvalue weighted by Gasteiger charge is -2.27. The molecule has 0 radical (unpaired) electrons. The molecule has 2 aromatic carbocycles. The summed E-state index contributed by atoms with van der Waals surface area (Å²) in [5.41, 5.74) is 3.82. The van der Waals surface area contributed by atoms with E-state index in [-0.39, 0.29) is 17.2 Å². The minimum absolute atomic E-state index is 0.00745. The first-order chi connectivity index (χ1) is 11.0. The fourth-order valence-corrected chi connectivity index (χ4v) is 4.14. The third kappa shape index (κ3) is 2.95. The first kappa shape index (κ1) is 15.9. The van der Waals surface area contributed by atoms with Crippen molar-refractivity contribution in [2.24, 2.45) is 0 Å². The van der Waals surface area contributed by atoms with Gasteiger partial charge in [-0.3, -0.25) is 9.69 Å². The molecule has 1 N–H and O–H groups in total. The molecule has 23 heavy (non-hydrogen) atoms. The molecule has 1 aliphatic rings. The number of aryl methyl sites for hydroxylation is 1. The number of hydrogen-bond acceptors (Lipinski definition) is 3. The molecule has 0 bridgehead atoms. The smallest absolute Gasteiger partial charge is 0.238 e. The van der Waals surface area contributed by atoms with Gasteiger partial charge >= 0.3 is 0 Å². The maximum Gasteiger partial charge on any atom is 0.238 e. The Kier molecular flexibility index (Phi) is 4.35. The molecule has 2 aromatic rings. The Morgan fingerprint density at radius 2 is 1.91 bits per heavy atom. The summed E-state index contributed by atoms with van der Waals surface area (Å²) in [6.45, 7) is 6.03. The van der Waals surface area contributed by atoms with E-state index in [4.69, 9.17) is 0 Å². The van der Waals surface area contributed by atoms with Crippen molar-refractivity contribution >= 4 is 23.4 Å². The van der Waals surface area contributed by atoms with Crippen LogP contribution in [-0.2, 0) is 4.79 Å². The van der Waals surface area contributed by atoms with E-state index < -0.39 is 0 Å². The van der Waals surface area contributed by atoms with Crippen LogP contribution in [0.15, 0.2) is 42.5 Å². The van der Waals surface area contributed by atoms with Crippen molar-refractivity contribution < 1.29 is 9.90 Å². The van der Waals surface area contributed by atoms with Crippen LogP contribution in [0.4, 0.5) is 5.69 Å². The molecule has 1 heterocycles. The van der Waals surface area contributed by atoms with Gasteiger partial charge in [0.25, 0.3) is 0 Å². The van der Waals surface area contributed by atoms with Gasteiger partial charge in [-0.2, -0.15) is 0 Å². The molecular formula is C19H21NO2S. The van der Waals surface area contributed by atoms with Gasteiger partial charge in [0.1, 0.15) is 11.1 Å². The highest BCUT2D eigenvalue weighted by molar-refractivity contribution is 8.00. The van der Waals surface area contributed by atoms with E-state index in [1.165, 1.54) is 0 Å². The van der Waals surface area contributed by atoms with Crippen LogP contribution in [0.2, 0.25) is 0 Å². The SMILES string of the molecule is Cc1cc(O)c(C(C)C)cc1N1C(=O)CSC1c1ccccc1. The van der Waals surface area contributed by atoms with Crippen molar-refractivity contribution in [1.29, 1.82) is 0 Å². The Bertz CT molecular complexity index is 728. The van der Waals surface area contributed by atoms with E-state index in [9.17, 15) is 9.90 Å². The third-order valence-corrected chi connectivity index (χ3v) is 5.39. The van der Waals surface area contributed by atoms with Crippen molar-refractivity contribution in [2.45, 2.75) is 32.1 Å². The first-order valence-corrected chi connectivity index (χ1v) is 8.86. The Morgan fingerprint density at radius 1 is 1.22 bits per heavy atom. The number of carbonyl (C=O) groups excluding carboxylic acids is 1. The number of anilines is 1. The molecule has 0 aliphatic carbocycles. The van der Waals surface area contributed by atoms with Gasteiger partial charge in [0.05, 0.1) is 5.75 Å². The van der Waals surface area contributed by atoms with E-state index >= 15 is 0 Å². The molecule has 4 heteroatoms. The minimum atomic E-state index is -0.00745. The summed E-state index contributed by atoms with van der Waals surface area (Å²) >= 11 is 1.65. The number of carbonyl (C=O) groups is 1. The molecule has 1 fully saturated rings. The Labute approximate surface area is 141 Å². The predicted molar refractivity (Wildman–Crippen MR) is 96.1 cm³/mol. The lowest BCUT2D eigenvalue weighted by atomic mass is 9.98. The van der Waals surface area contributed by atoms with Crippen LogP contribution in [0.5, 0.6) is 5.75 Å². The normalized spacial score (nSPS) is 18.0. The standard InChI is InChI=1S/C19H21NO2S/c1-12(2)15-10-16(13(3)9-17(15)21)20-18(22)11-23-19(20)14-7-5-4-6-8-14/h4-10,12,19,21H,11H2,1-3H3. The fourth-order valence-electron chi connectivity index (χ4n) is 2.97. The highest BCUT2D eigenvalue weighted by Gasteiger charge is 2.35. The third-order valence-electron chi connectivity index (χ3n) is 4.18. The van der Waals surface area contributed by atoms with Crippen LogP contribution >= 0.6 is 11.8 Å². The van der Waals surface area contributed by atoms with Crippen molar-refractivity contribution in [2.75, 3.05) is 10.7 Å². The maximum atomic E-state index is 12.5. The minimum Gasteiger partial charge on any atom is -0.508 e. The van der Waals surface area contributed by atoms with Gasteiger partial charge in [-0.25, -0.2) is 0 Å². The van der Waals surface area contributed by atoms with Crippen molar-refractivity contribution in [3.8, 4) is 5.75 Å². The fraction of sp³-hybridized carbons (Fsp3) is 0.316. The predicted octanol–water partition coefficient (Wildman–Crippen LogP) is 4.60. The van der Waals surface area contributed by atoms with Gasteiger partial charge in [-0.05, 0) is 41.7 Å². The van der Waals surface area contributed by atoms with Crippen LogP contribution < -0.4 is 4.90 Å². The average molecular weight is 327 g/mol. The molecule has 1 saturated heterocycles. The molecule has 3 rings (SSSR count). The number of hydrogen-bond donors (Lipinski definition) is 1. The van der Waals surface area contributed by atoms with Crippen LogP contribution in [-0.4, -0.2) is 16.8 Å². The van der Waals surface area contributed by atoms with Gasteiger partial charge in [0.2, 0.25) is 5.91 Å². The molecule has 1 unspecified atom stereocenters. The zero-order chi connectivity index (χ0) is 16.6. The lowest BCUT2D eigenvalue weighted by molar-refractivity contribution is -0.115. The monoisotopic (exact) mass is 327 g/mol. The molecule has 1 amide bonds. The second-order valence-electron chi connectivity index (χ2n) is 6.19. The van der Waals surface area contributed by atoms with Crippen LogP contribution in [0, 0.1) is 6.92 Å². The molecule has 1 atom stereocenters. The van der Waals surface area contributed by atoms with Gasteiger partial charge in [-0.15, -0.1) is 11.8 Å². The largest absolute Gasteiger partial charge is 0.508 e. The van der Waals surface area contributed by atoms with Crippen LogP contribution in [0.3, 0.4) is 0 Å². The number of phenolic OH excluding ortho intramolecular Hbond substituents is 1. The molecular weight excluding hydrogens is 306 g/mol. The van der Waals surface area contributed by atoms with Gasteiger partial charge < -0.3 is 5.11 Å². The summed E-state index contributed by atoms with van der Waals surface area (Å²) in [5, 5.41) is 10.2. The number of benzene rings is 2. The van der Waals surface area contributed by atoms with Crippen molar-refractivity contribution in [3.63, 3.8) is 0 Å². The van der Waals surface area contributed by atoms with E-state index in [0.29, 0.717) is 11.5 Å². The zero-order valence-electron chi connectivity index (χ0n) is 13.6. The van der Waals surface area contributed by atoms with Gasteiger partial charge in [0, 0.05) is 5.69 Å². The van der Waals surface area contributed by atoms with Crippen LogP contribution in [0.1, 0.15) is 41.8 Å². The summed E-state index contributed by atoms with van der Waals surface area (Å²) in [5.74, 6) is 1.11. The van der Waals surface area contributed by atoms with Gasteiger partial charge in [-0.1, -0.05) is 44.2 Å². The Balaban J connectivity index is 2.08. The molecule has 0 spiro atoms. The quantitative estimate of drug-likeness (QED) is 0.895. The number of rotatable bonds is 3. The highest BCUT2D eigenvalue weighted by Crippen LogP contribution is 2.44. The maximum absolute atomic E-state index is 12.5. The zero-order valence-corrected chi connectivity index (χ0v) is 14.4. The average Bonchev–Trinajstić information content (AvgIpc) is 2.89. The highest BCUT2D eigenvalue weighted by atomic mass is 32.2. The molecule has 120 valence electrons. The molecule has 3 nitrogen and oxygen atoms in total. The van der Waals surface area contributed by atoms with E-state index in [1.807, 2.05) is 49.9 Å². The van der Waals surface area contributed by atoms with Gasteiger partial charge in [0.15, 0.2) is 0 Å². The Hall–Kier alpha value is -1.94. The van der Waals surface area contributed by atoms with E-state index in [0.717, 1.165) is 22.4 Å². The summed E-state index contributed by atoms with van der Waals surface area (Å²) < 4.78 is 0. The summed E-state index contributed by atoms with van der Waals surface area (Å²) in [4.78, 5) is 14.4. The molecule has 1 aliphatic heterocycles. The first-order valence-electron chi connectivity index (χ1n) is 7.81. The number of nitrogens with zero attached hydrogens (tertiary/aromatic N) is 1. The summed E-state index contributed by atoms with van der Waals surface area (Å²) in [6, 6.07) is 13.8. The van der Waals surface area contributed by atoms with E-state index in [1.54, 1.807) is 17.8 Å². The van der Waals surface area contributed by atoms with E-state index in [2.05, 4.69) is 12.1 Å². The second-order valence-corrected chi connectivity index (χ2v) is 7.26. The molecule has 0 aromatic heterocycles. The number of phenols is 1. The number of aromatic hydroxyl groups is 1. The topological polar surface area (TPSA) is 40.5 Å². The summed E-state index contributed by atoms with van der Waals surface area (Å²) in [7, 11) is 0. The van der Waals surface area contributed by atoms with Crippen molar-refractivity contribution in [3.05, 3.63) is 59.2 Å².